The minimum absolute atomic E-state index is 0.211. The zero-order chi connectivity index (χ0) is 14.9. The molecule has 0 radical (unpaired) electrons. The third-order valence-corrected chi connectivity index (χ3v) is 5.57. The maximum atomic E-state index is 12.4. The van der Waals surface area contributed by atoms with E-state index in [2.05, 4.69) is 16.0 Å². The molecule has 2 aromatic rings. The monoisotopic (exact) mass is 313 g/mol. The lowest BCUT2D eigenvalue weighted by Crippen LogP contribution is -2.32. The van der Waals surface area contributed by atoms with Gasteiger partial charge in [-0.3, -0.25) is 14.7 Å². The molecular formula is C17H19N3OS. The van der Waals surface area contributed by atoms with E-state index >= 15 is 0 Å². The van der Waals surface area contributed by atoms with Crippen LogP contribution in [0.2, 0.25) is 0 Å². The summed E-state index contributed by atoms with van der Waals surface area (Å²) in [5.74, 6) is 1.46. The standard InChI is InChI=1S/C17H19N3OS/c21-17(16-4-2-6-22-16)20-11-14-9-19(10-15(14)12-20)8-13-3-1-5-18-7-13/h1-7,14-15H,8-12H2/t14-,15+. The van der Waals surface area contributed by atoms with Crippen LogP contribution in [0.5, 0.6) is 0 Å². The predicted octanol–water partition coefficient (Wildman–Crippen LogP) is 2.35. The summed E-state index contributed by atoms with van der Waals surface area (Å²) in [6.07, 6.45) is 3.76. The largest absolute Gasteiger partial charge is 0.337 e. The predicted molar refractivity (Wildman–Crippen MR) is 86.7 cm³/mol. The number of hydrogen-bond acceptors (Lipinski definition) is 4. The van der Waals surface area contributed by atoms with E-state index in [-0.39, 0.29) is 5.91 Å². The summed E-state index contributed by atoms with van der Waals surface area (Å²) in [7, 11) is 0. The van der Waals surface area contributed by atoms with E-state index in [0.717, 1.165) is 37.6 Å². The Morgan fingerprint density at radius 2 is 2.00 bits per heavy atom. The summed E-state index contributed by atoms with van der Waals surface area (Å²) in [6.45, 7) is 4.97. The highest BCUT2D eigenvalue weighted by atomic mass is 32.1. The fourth-order valence-corrected chi connectivity index (χ4v) is 4.38. The highest BCUT2D eigenvalue weighted by Crippen LogP contribution is 2.32. The van der Waals surface area contributed by atoms with Crippen molar-refractivity contribution in [3.05, 3.63) is 52.5 Å². The molecule has 0 aromatic carbocycles. The number of thiophene rings is 1. The van der Waals surface area contributed by atoms with Crippen LogP contribution in [0.15, 0.2) is 42.0 Å². The Balaban J connectivity index is 1.36. The summed E-state index contributed by atoms with van der Waals surface area (Å²) in [4.78, 5) is 22.0. The number of pyridine rings is 1. The van der Waals surface area contributed by atoms with Gasteiger partial charge in [-0.25, -0.2) is 0 Å². The van der Waals surface area contributed by atoms with Crippen LogP contribution in [-0.2, 0) is 6.54 Å². The first-order valence-electron chi connectivity index (χ1n) is 7.73. The Hall–Kier alpha value is -1.72. The number of rotatable bonds is 3. The molecule has 4 nitrogen and oxygen atoms in total. The number of nitrogens with zero attached hydrogens (tertiary/aromatic N) is 3. The van der Waals surface area contributed by atoms with Crippen LogP contribution in [-0.4, -0.2) is 46.9 Å². The molecule has 4 heterocycles. The second-order valence-corrected chi connectivity index (χ2v) is 7.21. The first kappa shape index (κ1) is 13.9. The minimum Gasteiger partial charge on any atom is -0.337 e. The lowest BCUT2D eigenvalue weighted by molar-refractivity contribution is 0.0778. The van der Waals surface area contributed by atoms with Crippen molar-refractivity contribution in [1.82, 2.24) is 14.8 Å². The minimum atomic E-state index is 0.211. The van der Waals surface area contributed by atoms with Gasteiger partial charge in [-0.15, -0.1) is 11.3 Å². The quantitative estimate of drug-likeness (QED) is 0.873. The molecule has 0 spiro atoms. The van der Waals surface area contributed by atoms with Crippen molar-refractivity contribution in [3.63, 3.8) is 0 Å². The number of carbonyl (C=O) groups is 1. The molecule has 0 aliphatic carbocycles. The number of amides is 1. The molecule has 0 N–H and O–H groups in total. The van der Waals surface area contributed by atoms with E-state index < -0.39 is 0 Å². The first-order chi connectivity index (χ1) is 10.8. The lowest BCUT2D eigenvalue weighted by atomic mass is 10.0. The normalized spacial score (nSPS) is 24.6. The molecule has 5 heteroatoms. The molecule has 2 aliphatic heterocycles. The van der Waals surface area contributed by atoms with Gasteiger partial charge < -0.3 is 4.90 Å². The molecule has 22 heavy (non-hydrogen) atoms. The van der Waals surface area contributed by atoms with Crippen LogP contribution < -0.4 is 0 Å². The second kappa shape index (κ2) is 5.82. The first-order valence-corrected chi connectivity index (χ1v) is 8.61. The number of fused-ring (bicyclic) bond motifs is 1. The van der Waals surface area contributed by atoms with Gasteiger partial charge in [0.25, 0.3) is 5.91 Å². The van der Waals surface area contributed by atoms with Crippen LogP contribution in [0.4, 0.5) is 0 Å². The van der Waals surface area contributed by atoms with Gasteiger partial charge >= 0.3 is 0 Å². The number of carbonyl (C=O) groups excluding carboxylic acids is 1. The van der Waals surface area contributed by atoms with Crippen molar-refractivity contribution in [3.8, 4) is 0 Å². The van der Waals surface area contributed by atoms with Crippen molar-refractivity contribution >= 4 is 17.2 Å². The SMILES string of the molecule is O=C(c1cccs1)N1C[C@H]2CN(Cc3cccnc3)C[C@H]2C1. The average Bonchev–Trinajstić information content (AvgIpc) is 3.23. The fraction of sp³-hybridized carbons (Fsp3) is 0.412. The topological polar surface area (TPSA) is 36.4 Å². The molecule has 0 unspecified atom stereocenters. The van der Waals surface area contributed by atoms with Gasteiger partial charge in [-0.1, -0.05) is 12.1 Å². The second-order valence-electron chi connectivity index (χ2n) is 6.26. The zero-order valence-electron chi connectivity index (χ0n) is 12.4. The number of hydrogen-bond donors (Lipinski definition) is 0. The van der Waals surface area contributed by atoms with Crippen molar-refractivity contribution in [1.29, 1.82) is 0 Å². The molecule has 2 aromatic heterocycles. The van der Waals surface area contributed by atoms with E-state index in [1.54, 1.807) is 0 Å². The van der Waals surface area contributed by atoms with E-state index in [9.17, 15) is 4.79 Å². The van der Waals surface area contributed by atoms with Crippen molar-refractivity contribution in [2.45, 2.75) is 6.54 Å². The van der Waals surface area contributed by atoms with Gasteiger partial charge in [0.2, 0.25) is 0 Å². The van der Waals surface area contributed by atoms with Crippen molar-refractivity contribution in [2.75, 3.05) is 26.2 Å². The average molecular weight is 313 g/mol. The smallest absolute Gasteiger partial charge is 0.263 e. The van der Waals surface area contributed by atoms with E-state index in [1.807, 2.05) is 40.9 Å². The Bertz CT molecular complexity index is 629. The summed E-state index contributed by atoms with van der Waals surface area (Å²) >= 11 is 1.54. The van der Waals surface area contributed by atoms with Crippen LogP contribution in [0.1, 0.15) is 15.2 Å². The molecule has 4 rings (SSSR count). The van der Waals surface area contributed by atoms with Gasteiger partial charge in [-0.05, 0) is 34.9 Å². The Morgan fingerprint density at radius 1 is 1.18 bits per heavy atom. The summed E-state index contributed by atoms with van der Waals surface area (Å²) in [5, 5.41) is 1.97. The highest BCUT2D eigenvalue weighted by Gasteiger charge is 2.41. The molecule has 2 fully saturated rings. The molecule has 2 atom stereocenters. The molecule has 0 bridgehead atoms. The molecule has 2 aliphatic rings. The van der Waals surface area contributed by atoms with Gasteiger partial charge in [-0.2, -0.15) is 0 Å². The third-order valence-electron chi connectivity index (χ3n) is 4.71. The Labute approximate surface area is 134 Å². The maximum Gasteiger partial charge on any atom is 0.263 e. The van der Waals surface area contributed by atoms with Crippen LogP contribution >= 0.6 is 11.3 Å². The fourth-order valence-electron chi connectivity index (χ4n) is 3.69. The van der Waals surface area contributed by atoms with Gasteiger partial charge in [0.1, 0.15) is 0 Å². The molecule has 2 saturated heterocycles. The third kappa shape index (κ3) is 2.66. The highest BCUT2D eigenvalue weighted by molar-refractivity contribution is 7.12. The molecule has 0 saturated carbocycles. The summed E-state index contributed by atoms with van der Waals surface area (Å²) in [6, 6.07) is 8.00. The van der Waals surface area contributed by atoms with Gasteiger partial charge in [0.05, 0.1) is 4.88 Å². The van der Waals surface area contributed by atoms with E-state index in [0.29, 0.717) is 11.8 Å². The maximum absolute atomic E-state index is 12.4. The van der Waals surface area contributed by atoms with Crippen LogP contribution in [0.25, 0.3) is 0 Å². The summed E-state index contributed by atoms with van der Waals surface area (Å²) in [5.41, 5.74) is 1.27. The molecule has 1 amide bonds. The number of aromatic nitrogens is 1. The molecular weight excluding hydrogens is 294 g/mol. The van der Waals surface area contributed by atoms with Gasteiger partial charge in [0, 0.05) is 45.1 Å². The Kier molecular flexibility index (Phi) is 3.68. The van der Waals surface area contributed by atoms with Crippen LogP contribution in [0.3, 0.4) is 0 Å². The van der Waals surface area contributed by atoms with E-state index in [4.69, 9.17) is 0 Å². The summed E-state index contributed by atoms with van der Waals surface area (Å²) < 4.78 is 0. The number of likely N-dealkylation sites (tertiary alicyclic amines) is 2. The van der Waals surface area contributed by atoms with Crippen molar-refractivity contribution in [2.24, 2.45) is 11.8 Å². The Morgan fingerprint density at radius 3 is 2.64 bits per heavy atom. The molecule has 114 valence electrons. The zero-order valence-corrected chi connectivity index (χ0v) is 13.2. The van der Waals surface area contributed by atoms with Crippen LogP contribution in [0, 0.1) is 11.8 Å². The van der Waals surface area contributed by atoms with E-state index in [1.165, 1.54) is 16.9 Å². The van der Waals surface area contributed by atoms with Crippen molar-refractivity contribution < 1.29 is 4.79 Å². The lowest BCUT2D eigenvalue weighted by Gasteiger charge is -2.21. The van der Waals surface area contributed by atoms with Gasteiger partial charge in [0.15, 0.2) is 0 Å².